The van der Waals surface area contributed by atoms with Gasteiger partial charge in [0.2, 0.25) is 0 Å². The fourth-order valence-corrected chi connectivity index (χ4v) is 4.51. The van der Waals surface area contributed by atoms with Gasteiger partial charge in [0.15, 0.2) is 0 Å². The molecule has 102 valence electrons. The molecule has 0 aliphatic carbocycles. The largest absolute Gasteiger partial charge is 0.320 e. The van der Waals surface area contributed by atoms with Gasteiger partial charge in [-0.1, -0.05) is 34.1 Å². The second-order valence-electron chi connectivity index (χ2n) is 4.79. The first-order chi connectivity index (χ1) is 9.54. The number of benzene rings is 2. The Kier molecular flexibility index (Phi) is 4.00. The van der Waals surface area contributed by atoms with E-state index < -0.39 is 0 Å². The molecule has 3 rings (SSSR count). The van der Waals surface area contributed by atoms with E-state index >= 15 is 0 Å². The van der Waals surface area contributed by atoms with Gasteiger partial charge < -0.3 is 5.73 Å². The minimum atomic E-state index is -0.0782. The first kappa shape index (κ1) is 14.3. The number of thiophene rings is 1. The van der Waals surface area contributed by atoms with E-state index in [-0.39, 0.29) is 6.04 Å². The molecule has 0 saturated carbocycles. The zero-order valence-corrected chi connectivity index (χ0v) is 14.8. The summed E-state index contributed by atoms with van der Waals surface area (Å²) in [5.41, 5.74) is 8.77. The van der Waals surface area contributed by atoms with Gasteiger partial charge in [0.05, 0.1) is 9.83 Å². The van der Waals surface area contributed by atoms with Crippen molar-refractivity contribution >= 4 is 54.0 Å². The molecule has 3 aromatic rings. The number of hydrogen-bond acceptors (Lipinski definition) is 2. The summed E-state index contributed by atoms with van der Waals surface area (Å²) in [6.45, 7) is 2.11. The zero-order valence-electron chi connectivity index (χ0n) is 10.9. The highest BCUT2D eigenvalue weighted by atomic mass is 79.9. The van der Waals surface area contributed by atoms with E-state index in [0.29, 0.717) is 0 Å². The van der Waals surface area contributed by atoms with E-state index in [1.165, 1.54) is 21.2 Å². The van der Waals surface area contributed by atoms with E-state index in [9.17, 15) is 0 Å². The highest BCUT2D eigenvalue weighted by Gasteiger charge is 2.14. The second-order valence-corrected chi connectivity index (χ2v) is 8.34. The van der Waals surface area contributed by atoms with Crippen LogP contribution in [0.3, 0.4) is 0 Å². The van der Waals surface area contributed by atoms with E-state index in [0.717, 1.165) is 13.8 Å². The summed E-state index contributed by atoms with van der Waals surface area (Å²) < 4.78 is 2.23. The number of halogens is 2. The average molecular weight is 411 g/mol. The van der Waals surface area contributed by atoms with Crippen LogP contribution in [0.15, 0.2) is 50.7 Å². The molecule has 0 radical (unpaired) electrons. The van der Waals surface area contributed by atoms with Crippen LogP contribution >= 0.6 is 43.2 Å². The van der Waals surface area contributed by atoms with E-state index in [1.807, 2.05) is 0 Å². The van der Waals surface area contributed by atoms with Crippen molar-refractivity contribution < 1.29 is 0 Å². The van der Waals surface area contributed by atoms with Crippen LogP contribution in [0.5, 0.6) is 0 Å². The van der Waals surface area contributed by atoms with E-state index in [2.05, 4.69) is 81.2 Å². The van der Waals surface area contributed by atoms with Crippen molar-refractivity contribution in [2.75, 3.05) is 0 Å². The lowest BCUT2D eigenvalue weighted by molar-refractivity contribution is 0.871. The molecule has 2 aromatic carbocycles. The van der Waals surface area contributed by atoms with Crippen molar-refractivity contribution in [1.29, 1.82) is 0 Å². The summed E-state index contributed by atoms with van der Waals surface area (Å²) in [5, 5.41) is 2.44. The van der Waals surface area contributed by atoms with Crippen LogP contribution < -0.4 is 5.73 Å². The zero-order chi connectivity index (χ0) is 14.3. The highest BCUT2D eigenvalue weighted by molar-refractivity contribution is 9.11. The molecule has 1 heterocycles. The number of fused-ring (bicyclic) bond motifs is 1. The lowest BCUT2D eigenvalue weighted by atomic mass is 9.97. The van der Waals surface area contributed by atoms with Gasteiger partial charge in [-0.3, -0.25) is 0 Å². The average Bonchev–Trinajstić information content (AvgIpc) is 2.76. The van der Waals surface area contributed by atoms with Crippen LogP contribution in [0.1, 0.15) is 22.0 Å². The van der Waals surface area contributed by atoms with Crippen molar-refractivity contribution in [3.63, 3.8) is 0 Å². The Hall–Kier alpha value is -0.680. The standard InChI is InChI=1S/C16H13Br2NS/c1-9-14(8-15(18)20-9)16(19)12-3-2-11-7-13(17)5-4-10(11)6-12/h2-8,16H,19H2,1H3. The van der Waals surface area contributed by atoms with Crippen LogP contribution in [-0.2, 0) is 0 Å². The molecule has 0 saturated heterocycles. The maximum atomic E-state index is 6.43. The van der Waals surface area contributed by atoms with Gasteiger partial charge in [-0.05, 0) is 69.0 Å². The molecule has 0 bridgehead atoms. The Labute approximate surface area is 139 Å². The lowest BCUT2D eigenvalue weighted by Gasteiger charge is -2.13. The van der Waals surface area contributed by atoms with Gasteiger partial charge in [-0.15, -0.1) is 11.3 Å². The predicted molar refractivity (Wildman–Crippen MR) is 94.4 cm³/mol. The molecular formula is C16H13Br2NS. The van der Waals surface area contributed by atoms with Gasteiger partial charge in [-0.25, -0.2) is 0 Å². The third kappa shape index (κ3) is 2.70. The maximum Gasteiger partial charge on any atom is 0.0704 e. The van der Waals surface area contributed by atoms with Crippen molar-refractivity contribution in [2.45, 2.75) is 13.0 Å². The Balaban J connectivity index is 2.05. The summed E-state index contributed by atoms with van der Waals surface area (Å²) in [7, 11) is 0. The van der Waals surface area contributed by atoms with Crippen LogP contribution in [0.25, 0.3) is 10.8 Å². The molecule has 0 fully saturated rings. The summed E-state index contributed by atoms with van der Waals surface area (Å²) >= 11 is 8.76. The smallest absolute Gasteiger partial charge is 0.0704 e. The molecule has 1 nitrogen and oxygen atoms in total. The normalized spacial score (nSPS) is 12.8. The fraction of sp³-hybridized carbons (Fsp3) is 0.125. The van der Waals surface area contributed by atoms with Crippen LogP contribution in [0.4, 0.5) is 0 Å². The Morgan fingerprint density at radius 2 is 1.70 bits per heavy atom. The second kappa shape index (κ2) is 5.60. The minimum Gasteiger partial charge on any atom is -0.320 e. The fourth-order valence-electron chi connectivity index (χ4n) is 2.38. The molecule has 0 amide bonds. The van der Waals surface area contributed by atoms with Gasteiger partial charge in [0.1, 0.15) is 0 Å². The van der Waals surface area contributed by atoms with Gasteiger partial charge in [-0.2, -0.15) is 0 Å². The summed E-state index contributed by atoms with van der Waals surface area (Å²) in [5.74, 6) is 0. The number of aryl methyl sites for hydroxylation is 1. The monoisotopic (exact) mass is 409 g/mol. The predicted octanol–water partition coefficient (Wildman–Crippen LogP) is 5.78. The van der Waals surface area contributed by atoms with Gasteiger partial charge >= 0.3 is 0 Å². The number of hydrogen-bond donors (Lipinski definition) is 1. The molecule has 0 spiro atoms. The Morgan fingerprint density at radius 3 is 2.40 bits per heavy atom. The Morgan fingerprint density at radius 1 is 1.00 bits per heavy atom. The molecule has 20 heavy (non-hydrogen) atoms. The van der Waals surface area contributed by atoms with Gasteiger partial charge in [0.25, 0.3) is 0 Å². The molecule has 1 unspecified atom stereocenters. The topological polar surface area (TPSA) is 26.0 Å². The number of rotatable bonds is 2. The van der Waals surface area contributed by atoms with Crippen molar-refractivity contribution in [3.05, 3.63) is 66.7 Å². The molecule has 1 atom stereocenters. The molecule has 0 aliphatic heterocycles. The quantitative estimate of drug-likeness (QED) is 0.568. The summed E-state index contributed by atoms with van der Waals surface area (Å²) in [6, 6.07) is 14.8. The Bertz CT molecular complexity index is 779. The molecule has 2 N–H and O–H groups in total. The van der Waals surface area contributed by atoms with Crippen LogP contribution in [-0.4, -0.2) is 0 Å². The third-order valence-corrected chi connectivity index (χ3v) is 5.51. The van der Waals surface area contributed by atoms with Crippen molar-refractivity contribution in [3.8, 4) is 0 Å². The van der Waals surface area contributed by atoms with Crippen LogP contribution in [0, 0.1) is 6.92 Å². The van der Waals surface area contributed by atoms with E-state index in [1.54, 1.807) is 11.3 Å². The minimum absolute atomic E-state index is 0.0782. The SMILES string of the molecule is Cc1sc(Br)cc1C(N)c1ccc2cc(Br)ccc2c1. The molecule has 0 aliphatic rings. The van der Waals surface area contributed by atoms with Crippen LogP contribution in [0.2, 0.25) is 0 Å². The molecule has 1 aromatic heterocycles. The maximum absolute atomic E-state index is 6.43. The summed E-state index contributed by atoms with van der Waals surface area (Å²) in [4.78, 5) is 1.26. The number of nitrogens with two attached hydrogens (primary N) is 1. The first-order valence-electron chi connectivity index (χ1n) is 6.25. The van der Waals surface area contributed by atoms with E-state index in [4.69, 9.17) is 5.73 Å². The molecular weight excluding hydrogens is 398 g/mol. The van der Waals surface area contributed by atoms with Gasteiger partial charge in [0, 0.05) is 9.35 Å². The third-order valence-electron chi connectivity index (χ3n) is 3.45. The summed E-state index contributed by atoms with van der Waals surface area (Å²) in [6.07, 6.45) is 0. The molecule has 4 heteroatoms. The van der Waals surface area contributed by atoms with Crippen molar-refractivity contribution in [2.24, 2.45) is 5.73 Å². The first-order valence-corrected chi connectivity index (χ1v) is 8.65. The highest BCUT2D eigenvalue weighted by Crippen LogP contribution is 2.33. The van der Waals surface area contributed by atoms with Crippen molar-refractivity contribution in [1.82, 2.24) is 0 Å². The lowest BCUT2D eigenvalue weighted by Crippen LogP contribution is -2.11.